The Hall–Kier alpha value is -0.390. The first-order chi connectivity index (χ1) is 9.02. The Kier molecular flexibility index (Phi) is 5.03. The maximum Gasteiger partial charge on any atom is 0.0577 e. The van der Waals surface area contributed by atoms with E-state index in [0.29, 0.717) is 0 Å². The second-order valence-electron chi connectivity index (χ2n) is 4.73. The monoisotopic (exact) mass is 429 g/mol. The third kappa shape index (κ3) is 3.38. The molecular weight excluding hydrogens is 413 g/mol. The van der Waals surface area contributed by atoms with Gasteiger partial charge in [-0.05, 0) is 83.9 Å². The summed E-state index contributed by atoms with van der Waals surface area (Å²) in [5.74, 6) is 0. The molecule has 1 N–H and O–H groups in total. The van der Waals surface area contributed by atoms with E-state index in [4.69, 9.17) is 0 Å². The minimum atomic E-state index is 0.238. The molecule has 19 heavy (non-hydrogen) atoms. The predicted molar refractivity (Wildman–Crippen MR) is 93.7 cm³/mol. The zero-order chi connectivity index (χ0) is 14.0. The molecule has 0 aromatic heterocycles. The van der Waals surface area contributed by atoms with E-state index in [-0.39, 0.29) is 6.04 Å². The molecule has 2 rings (SSSR count). The van der Waals surface area contributed by atoms with E-state index < -0.39 is 0 Å². The summed E-state index contributed by atoms with van der Waals surface area (Å²) in [6.07, 6.45) is 0. The lowest BCUT2D eigenvalue weighted by molar-refractivity contribution is 0.686. The SMILES string of the molecule is CNC(c1cccc(I)c1)c1cc(C)c(Br)cc1C. The predicted octanol–water partition coefficient (Wildman–Crippen LogP) is 4.98. The van der Waals surface area contributed by atoms with Crippen LogP contribution in [0.25, 0.3) is 0 Å². The minimum absolute atomic E-state index is 0.238. The Morgan fingerprint density at radius 3 is 2.47 bits per heavy atom. The van der Waals surface area contributed by atoms with Crippen LogP contribution in [0.5, 0.6) is 0 Å². The van der Waals surface area contributed by atoms with Crippen LogP contribution in [-0.2, 0) is 0 Å². The number of halogens is 2. The molecule has 100 valence electrons. The molecule has 2 aromatic rings. The Morgan fingerprint density at radius 2 is 1.84 bits per heavy atom. The second kappa shape index (κ2) is 6.37. The van der Waals surface area contributed by atoms with E-state index >= 15 is 0 Å². The molecule has 0 spiro atoms. The third-order valence-electron chi connectivity index (χ3n) is 3.33. The van der Waals surface area contributed by atoms with Crippen molar-refractivity contribution in [3.8, 4) is 0 Å². The van der Waals surface area contributed by atoms with Gasteiger partial charge in [0.2, 0.25) is 0 Å². The lowest BCUT2D eigenvalue weighted by Gasteiger charge is -2.21. The van der Waals surface area contributed by atoms with Gasteiger partial charge in [0.25, 0.3) is 0 Å². The van der Waals surface area contributed by atoms with Crippen LogP contribution in [0.4, 0.5) is 0 Å². The summed E-state index contributed by atoms with van der Waals surface area (Å²) in [6, 6.07) is 13.3. The number of rotatable bonds is 3. The first-order valence-corrected chi connectivity index (χ1v) is 8.09. The van der Waals surface area contributed by atoms with Gasteiger partial charge in [0.15, 0.2) is 0 Å². The summed E-state index contributed by atoms with van der Waals surface area (Å²) >= 11 is 5.96. The van der Waals surface area contributed by atoms with Crippen molar-refractivity contribution in [3.63, 3.8) is 0 Å². The van der Waals surface area contributed by atoms with Crippen LogP contribution in [0.3, 0.4) is 0 Å². The molecule has 0 saturated carbocycles. The number of hydrogen-bond acceptors (Lipinski definition) is 1. The van der Waals surface area contributed by atoms with Gasteiger partial charge in [0, 0.05) is 8.04 Å². The van der Waals surface area contributed by atoms with Crippen molar-refractivity contribution in [1.29, 1.82) is 0 Å². The van der Waals surface area contributed by atoms with Gasteiger partial charge in [0.05, 0.1) is 6.04 Å². The molecule has 2 aromatic carbocycles. The van der Waals surface area contributed by atoms with Crippen LogP contribution in [0.1, 0.15) is 28.3 Å². The van der Waals surface area contributed by atoms with E-state index in [1.807, 2.05) is 7.05 Å². The smallest absolute Gasteiger partial charge is 0.0577 e. The fourth-order valence-corrected chi connectivity index (χ4v) is 3.33. The van der Waals surface area contributed by atoms with Crippen molar-refractivity contribution >= 4 is 38.5 Å². The quantitative estimate of drug-likeness (QED) is 0.678. The van der Waals surface area contributed by atoms with E-state index in [1.165, 1.54) is 30.3 Å². The van der Waals surface area contributed by atoms with Gasteiger partial charge in [0.1, 0.15) is 0 Å². The molecule has 1 nitrogen and oxygen atoms in total. The fourth-order valence-electron chi connectivity index (χ4n) is 2.30. The highest BCUT2D eigenvalue weighted by molar-refractivity contribution is 14.1. The highest BCUT2D eigenvalue weighted by Crippen LogP contribution is 2.29. The lowest BCUT2D eigenvalue weighted by atomic mass is 9.94. The third-order valence-corrected chi connectivity index (χ3v) is 4.85. The van der Waals surface area contributed by atoms with Gasteiger partial charge in [-0.15, -0.1) is 0 Å². The maximum absolute atomic E-state index is 3.60. The molecule has 0 bridgehead atoms. The average Bonchev–Trinajstić information content (AvgIpc) is 2.36. The van der Waals surface area contributed by atoms with Crippen LogP contribution >= 0.6 is 38.5 Å². The first-order valence-electron chi connectivity index (χ1n) is 6.22. The topological polar surface area (TPSA) is 12.0 Å². The fraction of sp³-hybridized carbons (Fsp3) is 0.250. The maximum atomic E-state index is 3.60. The zero-order valence-corrected chi connectivity index (χ0v) is 15.0. The van der Waals surface area contributed by atoms with E-state index in [0.717, 1.165) is 0 Å². The van der Waals surface area contributed by atoms with Crippen LogP contribution < -0.4 is 5.32 Å². The van der Waals surface area contributed by atoms with E-state index in [2.05, 4.69) is 94.1 Å². The zero-order valence-electron chi connectivity index (χ0n) is 11.3. The Balaban J connectivity index is 2.51. The molecule has 1 unspecified atom stereocenters. The molecule has 0 fully saturated rings. The van der Waals surface area contributed by atoms with Gasteiger partial charge >= 0.3 is 0 Å². The van der Waals surface area contributed by atoms with Gasteiger partial charge in [-0.3, -0.25) is 0 Å². The van der Waals surface area contributed by atoms with Crippen molar-refractivity contribution in [3.05, 3.63) is 66.7 Å². The van der Waals surface area contributed by atoms with Gasteiger partial charge < -0.3 is 5.32 Å². The molecule has 0 amide bonds. The summed E-state index contributed by atoms with van der Waals surface area (Å²) in [6.45, 7) is 4.30. The average molecular weight is 430 g/mol. The molecule has 0 radical (unpaired) electrons. The first kappa shape index (κ1) is 15.0. The van der Waals surface area contributed by atoms with Crippen molar-refractivity contribution < 1.29 is 0 Å². The molecule has 0 aliphatic carbocycles. The van der Waals surface area contributed by atoms with Crippen LogP contribution in [0.2, 0.25) is 0 Å². The van der Waals surface area contributed by atoms with Gasteiger partial charge in [-0.25, -0.2) is 0 Å². The summed E-state index contributed by atoms with van der Waals surface area (Å²) in [4.78, 5) is 0. The minimum Gasteiger partial charge on any atom is -0.309 e. The van der Waals surface area contributed by atoms with Gasteiger partial charge in [-0.2, -0.15) is 0 Å². The summed E-state index contributed by atoms with van der Waals surface area (Å²) in [5, 5.41) is 3.43. The van der Waals surface area contributed by atoms with Crippen LogP contribution in [0.15, 0.2) is 40.9 Å². The van der Waals surface area contributed by atoms with Crippen molar-refractivity contribution in [2.45, 2.75) is 19.9 Å². The highest BCUT2D eigenvalue weighted by Gasteiger charge is 2.15. The molecule has 0 heterocycles. The molecule has 0 saturated heterocycles. The molecule has 0 aliphatic heterocycles. The standard InChI is InChI=1S/C16H17BrIN/c1-10-8-15(17)11(2)7-14(10)16(19-3)12-5-4-6-13(18)9-12/h4-9,16,19H,1-3H3. The lowest BCUT2D eigenvalue weighted by Crippen LogP contribution is -2.19. The largest absolute Gasteiger partial charge is 0.309 e. The molecular formula is C16H17BrIN. The summed E-state index contributed by atoms with van der Waals surface area (Å²) in [7, 11) is 2.02. The molecule has 1 atom stereocenters. The summed E-state index contributed by atoms with van der Waals surface area (Å²) < 4.78 is 2.44. The Labute approximate surface area is 137 Å². The second-order valence-corrected chi connectivity index (χ2v) is 6.83. The van der Waals surface area contributed by atoms with E-state index in [1.54, 1.807) is 0 Å². The van der Waals surface area contributed by atoms with Gasteiger partial charge in [-0.1, -0.05) is 34.1 Å². The summed E-state index contributed by atoms with van der Waals surface area (Å²) in [5.41, 5.74) is 5.21. The number of benzene rings is 2. The van der Waals surface area contributed by atoms with E-state index in [9.17, 15) is 0 Å². The molecule has 0 aliphatic rings. The van der Waals surface area contributed by atoms with Crippen LogP contribution in [0, 0.1) is 17.4 Å². The number of nitrogens with one attached hydrogen (secondary N) is 1. The Morgan fingerprint density at radius 1 is 1.11 bits per heavy atom. The molecule has 3 heteroatoms. The highest BCUT2D eigenvalue weighted by atomic mass is 127. The normalized spacial score (nSPS) is 12.5. The number of aryl methyl sites for hydroxylation is 2. The number of hydrogen-bond donors (Lipinski definition) is 1. The van der Waals surface area contributed by atoms with Crippen molar-refractivity contribution in [1.82, 2.24) is 5.32 Å². The van der Waals surface area contributed by atoms with Crippen LogP contribution in [-0.4, -0.2) is 7.05 Å². The Bertz CT molecular complexity index is 595. The van der Waals surface area contributed by atoms with Crippen molar-refractivity contribution in [2.24, 2.45) is 0 Å². The van der Waals surface area contributed by atoms with Crippen molar-refractivity contribution in [2.75, 3.05) is 7.05 Å².